The Morgan fingerprint density at radius 2 is 2.00 bits per heavy atom. The molecular formula is C25H29FN4O3. The molecule has 1 N–H and O–H groups in total. The van der Waals surface area contributed by atoms with E-state index in [1.165, 1.54) is 12.1 Å². The molecule has 2 amide bonds. The molecule has 0 unspecified atom stereocenters. The molecule has 2 heterocycles. The highest BCUT2D eigenvalue weighted by Crippen LogP contribution is 2.34. The second-order valence-corrected chi connectivity index (χ2v) is 8.03. The highest BCUT2D eigenvalue weighted by atomic mass is 19.1. The van der Waals surface area contributed by atoms with Crippen molar-refractivity contribution in [2.75, 3.05) is 19.7 Å². The van der Waals surface area contributed by atoms with Gasteiger partial charge in [0.05, 0.1) is 18.2 Å². The lowest BCUT2D eigenvalue weighted by molar-refractivity contribution is 0.0794. The van der Waals surface area contributed by atoms with E-state index >= 15 is 0 Å². The van der Waals surface area contributed by atoms with E-state index in [1.807, 2.05) is 37.3 Å². The van der Waals surface area contributed by atoms with E-state index in [0.29, 0.717) is 31.3 Å². The maximum atomic E-state index is 13.4. The molecule has 33 heavy (non-hydrogen) atoms. The van der Waals surface area contributed by atoms with E-state index in [2.05, 4.69) is 5.32 Å². The summed E-state index contributed by atoms with van der Waals surface area (Å²) in [5.41, 5.74) is 2.43. The summed E-state index contributed by atoms with van der Waals surface area (Å²) in [4.78, 5) is 14.7. The Labute approximate surface area is 193 Å². The summed E-state index contributed by atoms with van der Waals surface area (Å²) in [6.45, 7) is 3.91. The molecule has 1 saturated heterocycles. The van der Waals surface area contributed by atoms with Crippen LogP contribution >= 0.6 is 0 Å². The van der Waals surface area contributed by atoms with Crippen molar-refractivity contribution in [2.24, 2.45) is 7.05 Å². The van der Waals surface area contributed by atoms with Crippen LogP contribution in [0.25, 0.3) is 11.3 Å². The number of ether oxygens (including phenoxy) is 2. The quantitative estimate of drug-likeness (QED) is 0.537. The number of rotatable bonds is 8. The normalized spacial score (nSPS) is 15.4. The molecule has 1 fully saturated rings. The zero-order chi connectivity index (χ0) is 23.2. The fourth-order valence-electron chi connectivity index (χ4n) is 3.97. The van der Waals surface area contributed by atoms with Crippen molar-refractivity contribution >= 4 is 6.03 Å². The van der Waals surface area contributed by atoms with Gasteiger partial charge in [-0.25, -0.2) is 13.9 Å². The number of hydrogen-bond acceptors (Lipinski definition) is 4. The first-order valence-corrected chi connectivity index (χ1v) is 11.2. The fourth-order valence-corrected chi connectivity index (χ4v) is 3.97. The maximum absolute atomic E-state index is 13.4. The van der Waals surface area contributed by atoms with Gasteiger partial charge in [-0.1, -0.05) is 30.3 Å². The van der Waals surface area contributed by atoms with E-state index in [9.17, 15) is 9.18 Å². The molecule has 0 bridgehead atoms. The molecule has 174 valence electrons. The van der Waals surface area contributed by atoms with Gasteiger partial charge in [0.25, 0.3) is 0 Å². The van der Waals surface area contributed by atoms with Crippen LogP contribution in [-0.2, 0) is 18.3 Å². The summed E-state index contributed by atoms with van der Waals surface area (Å²) in [5, 5.41) is 7.62. The summed E-state index contributed by atoms with van der Waals surface area (Å²) >= 11 is 0. The number of carbonyl (C=O) groups is 1. The molecule has 0 aliphatic carbocycles. The maximum Gasteiger partial charge on any atom is 0.317 e. The van der Waals surface area contributed by atoms with Crippen LogP contribution in [0.2, 0.25) is 0 Å². The monoisotopic (exact) mass is 452 g/mol. The average Bonchev–Trinajstić information content (AvgIpc) is 3.44. The van der Waals surface area contributed by atoms with Crippen molar-refractivity contribution in [1.29, 1.82) is 0 Å². The zero-order valence-electron chi connectivity index (χ0n) is 19.0. The Kier molecular flexibility index (Phi) is 7.24. The van der Waals surface area contributed by atoms with Gasteiger partial charge >= 0.3 is 6.03 Å². The topological polar surface area (TPSA) is 68.6 Å². The van der Waals surface area contributed by atoms with Gasteiger partial charge in [-0.3, -0.25) is 0 Å². The van der Waals surface area contributed by atoms with E-state index in [0.717, 1.165) is 36.3 Å². The minimum atomic E-state index is -0.337. The molecule has 3 aromatic rings. The first-order valence-electron chi connectivity index (χ1n) is 11.2. The highest BCUT2D eigenvalue weighted by Gasteiger charge is 2.27. The van der Waals surface area contributed by atoms with Gasteiger partial charge in [-0.05, 0) is 44.0 Å². The summed E-state index contributed by atoms with van der Waals surface area (Å²) in [7, 11) is 1.80. The molecule has 0 saturated carbocycles. The molecule has 1 aromatic heterocycles. The van der Waals surface area contributed by atoms with E-state index in [1.54, 1.807) is 28.8 Å². The van der Waals surface area contributed by atoms with Crippen molar-refractivity contribution in [1.82, 2.24) is 20.0 Å². The molecular weight excluding hydrogens is 423 g/mol. The van der Waals surface area contributed by atoms with Gasteiger partial charge in [0.15, 0.2) is 0 Å². The van der Waals surface area contributed by atoms with Gasteiger partial charge in [-0.15, -0.1) is 0 Å². The van der Waals surface area contributed by atoms with Gasteiger partial charge in [0, 0.05) is 32.3 Å². The van der Waals surface area contributed by atoms with Crippen molar-refractivity contribution < 1.29 is 18.7 Å². The lowest BCUT2D eigenvalue weighted by Crippen LogP contribution is -2.43. The Morgan fingerprint density at radius 3 is 2.67 bits per heavy atom. The van der Waals surface area contributed by atoms with Crippen LogP contribution in [0, 0.1) is 5.82 Å². The smallest absolute Gasteiger partial charge is 0.317 e. The van der Waals surface area contributed by atoms with Crippen LogP contribution in [0.15, 0.2) is 54.6 Å². The second-order valence-electron chi connectivity index (χ2n) is 8.03. The first kappa shape index (κ1) is 22.8. The van der Waals surface area contributed by atoms with Gasteiger partial charge < -0.3 is 19.7 Å². The van der Waals surface area contributed by atoms with E-state index in [4.69, 9.17) is 14.6 Å². The third kappa shape index (κ3) is 5.51. The van der Waals surface area contributed by atoms with Crippen LogP contribution < -0.4 is 10.1 Å². The molecule has 1 aliphatic rings. The molecule has 0 spiro atoms. The predicted molar refractivity (Wildman–Crippen MR) is 124 cm³/mol. The minimum Gasteiger partial charge on any atom is -0.439 e. The molecule has 8 heteroatoms. The predicted octanol–water partition coefficient (Wildman–Crippen LogP) is 4.73. The lowest BCUT2D eigenvalue weighted by atomic mass is 10.1. The molecule has 1 atom stereocenters. The Balaban J connectivity index is 1.72. The lowest BCUT2D eigenvalue weighted by Gasteiger charge is -2.26. The van der Waals surface area contributed by atoms with E-state index in [-0.39, 0.29) is 18.0 Å². The summed E-state index contributed by atoms with van der Waals surface area (Å²) < 4.78 is 27.0. The first-order chi connectivity index (χ1) is 16.0. The zero-order valence-corrected chi connectivity index (χ0v) is 19.0. The van der Waals surface area contributed by atoms with E-state index < -0.39 is 0 Å². The third-order valence-electron chi connectivity index (χ3n) is 5.58. The van der Waals surface area contributed by atoms with Crippen LogP contribution in [0.3, 0.4) is 0 Å². The van der Waals surface area contributed by atoms with Crippen molar-refractivity contribution in [3.63, 3.8) is 0 Å². The molecule has 0 radical (unpaired) electrons. The standard InChI is InChI=1S/C25H29FN4O3/c1-3-27-25(31)30(16-21-10-7-15-32-21)17-22-23(18-8-5-4-6-9-18)28-29(2)24(22)33-20-13-11-19(26)12-14-20/h4-6,8-9,11-14,21H,3,7,10,15-17H2,1-2H3,(H,27,31)/t21-/m0/s1. The van der Waals surface area contributed by atoms with Crippen LogP contribution in [0.1, 0.15) is 25.3 Å². The second kappa shape index (κ2) is 10.5. The largest absolute Gasteiger partial charge is 0.439 e. The number of aromatic nitrogens is 2. The van der Waals surface area contributed by atoms with Crippen LogP contribution in [0.4, 0.5) is 9.18 Å². The van der Waals surface area contributed by atoms with Crippen LogP contribution in [-0.4, -0.2) is 46.5 Å². The van der Waals surface area contributed by atoms with Gasteiger partial charge in [0.1, 0.15) is 17.3 Å². The number of amides is 2. The number of carbonyl (C=O) groups excluding carboxylic acids is 1. The Morgan fingerprint density at radius 1 is 1.24 bits per heavy atom. The molecule has 7 nitrogen and oxygen atoms in total. The summed E-state index contributed by atoms with van der Waals surface area (Å²) in [6.07, 6.45) is 1.92. The molecule has 1 aliphatic heterocycles. The highest BCUT2D eigenvalue weighted by molar-refractivity contribution is 5.75. The number of urea groups is 1. The van der Waals surface area contributed by atoms with Crippen molar-refractivity contribution in [2.45, 2.75) is 32.4 Å². The number of benzene rings is 2. The SMILES string of the molecule is CCNC(=O)N(Cc1c(-c2ccccc2)nn(C)c1Oc1ccc(F)cc1)C[C@@H]1CCCO1. The minimum absolute atomic E-state index is 0.00548. The number of nitrogens with zero attached hydrogens (tertiary/aromatic N) is 3. The summed E-state index contributed by atoms with van der Waals surface area (Å²) in [5.74, 6) is 0.655. The molecule has 4 rings (SSSR count). The fraction of sp³-hybridized carbons (Fsp3) is 0.360. The molecule has 2 aromatic carbocycles. The third-order valence-corrected chi connectivity index (χ3v) is 5.58. The van der Waals surface area contributed by atoms with Gasteiger partial charge in [-0.2, -0.15) is 5.10 Å². The number of hydrogen-bond donors (Lipinski definition) is 1. The average molecular weight is 453 g/mol. The Bertz CT molecular complexity index is 1060. The van der Waals surface area contributed by atoms with Crippen molar-refractivity contribution in [3.05, 3.63) is 66.0 Å². The number of halogens is 1. The Hall–Kier alpha value is -3.39. The summed E-state index contributed by atoms with van der Waals surface area (Å²) in [6, 6.07) is 15.5. The van der Waals surface area contributed by atoms with Crippen molar-refractivity contribution in [3.8, 4) is 22.9 Å². The number of aryl methyl sites for hydroxylation is 1. The number of nitrogens with one attached hydrogen (secondary N) is 1. The van der Waals surface area contributed by atoms with Crippen LogP contribution in [0.5, 0.6) is 11.6 Å². The van der Waals surface area contributed by atoms with Gasteiger partial charge in [0.2, 0.25) is 5.88 Å².